The maximum absolute atomic E-state index is 9.71. The molecule has 0 saturated heterocycles. The van der Waals surface area contributed by atoms with Crippen LogP contribution in [0.15, 0.2) is 48.0 Å². The van der Waals surface area contributed by atoms with Gasteiger partial charge in [0, 0.05) is 6.07 Å². The Kier molecular flexibility index (Phi) is 7.80. The summed E-state index contributed by atoms with van der Waals surface area (Å²) in [5.74, 6) is 2.13. The van der Waals surface area contributed by atoms with Crippen molar-refractivity contribution in [3.63, 3.8) is 0 Å². The van der Waals surface area contributed by atoms with Crippen LogP contribution >= 0.6 is 0 Å². The molecule has 144 valence electrons. The lowest BCUT2D eigenvalue weighted by Crippen LogP contribution is -1.98. The van der Waals surface area contributed by atoms with Gasteiger partial charge < -0.3 is 19.3 Å². The number of aromatic hydroxyl groups is 1. The Hall–Kier alpha value is -2.88. The molecule has 0 amide bonds. The van der Waals surface area contributed by atoms with Gasteiger partial charge >= 0.3 is 0 Å². The first-order chi connectivity index (χ1) is 13.0. The number of hydrogen-bond acceptors (Lipinski definition) is 4. The van der Waals surface area contributed by atoms with Crippen LogP contribution in [0.4, 0.5) is 0 Å². The van der Waals surface area contributed by atoms with Gasteiger partial charge in [-0.15, -0.1) is 0 Å². The Morgan fingerprint density at radius 2 is 1.67 bits per heavy atom. The highest BCUT2D eigenvalue weighted by molar-refractivity contribution is 5.72. The van der Waals surface area contributed by atoms with Crippen LogP contribution in [0.25, 0.3) is 12.2 Å². The van der Waals surface area contributed by atoms with Gasteiger partial charge in [-0.05, 0) is 61.7 Å². The Morgan fingerprint density at radius 3 is 2.33 bits per heavy atom. The van der Waals surface area contributed by atoms with E-state index in [2.05, 4.69) is 6.92 Å². The zero-order valence-electron chi connectivity index (χ0n) is 16.5. The van der Waals surface area contributed by atoms with Crippen molar-refractivity contribution >= 4 is 12.2 Å². The molecule has 0 radical (unpaired) electrons. The highest BCUT2D eigenvalue weighted by Crippen LogP contribution is 2.28. The summed E-state index contributed by atoms with van der Waals surface area (Å²) in [6, 6.07) is 11.1. The number of ether oxygens (including phenoxy) is 3. The zero-order valence-corrected chi connectivity index (χ0v) is 16.5. The van der Waals surface area contributed by atoms with Gasteiger partial charge in [-0.1, -0.05) is 30.7 Å². The molecule has 0 aliphatic heterocycles. The van der Waals surface area contributed by atoms with Crippen LogP contribution in [0.5, 0.6) is 23.0 Å². The second kappa shape index (κ2) is 10.3. The predicted molar refractivity (Wildman–Crippen MR) is 111 cm³/mol. The number of hydrogen-bond donors (Lipinski definition) is 1. The molecule has 0 atom stereocenters. The highest BCUT2D eigenvalue weighted by atomic mass is 16.5. The SMILES string of the molecule is CCCOc1cc(C=Cc2ccc(O)c(OC)c2)cc(OCC=C(C)C)c1. The summed E-state index contributed by atoms with van der Waals surface area (Å²) in [5, 5.41) is 9.71. The van der Waals surface area contributed by atoms with Crippen molar-refractivity contribution in [3.05, 3.63) is 59.2 Å². The number of allylic oxidation sites excluding steroid dienone is 1. The summed E-state index contributed by atoms with van der Waals surface area (Å²) < 4.78 is 16.8. The largest absolute Gasteiger partial charge is 0.504 e. The van der Waals surface area contributed by atoms with E-state index in [9.17, 15) is 5.11 Å². The molecule has 0 saturated carbocycles. The maximum atomic E-state index is 9.71. The van der Waals surface area contributed by atoms with Crippen LogP contribution < -0.4 is 14.2 Å². The first kappa shape index (κ1) is 20.4. The van der Waals surface area contributed by atoms with E-state index in [1.54, 1.807) is 12.1 Å². The topological polar surface area (TPSA) is 47.9 Å². The minimum absolute atomic E-state index is 0.125. The van der Waals surface area contributed by atoms with Gasteiger partial charge in [0.25, 0.3) is 0 Å². The fraction of sp³-hybridized carbons (Fsp3) is 0.304. The summed E-state index contributed by atoms with van der Waals surface area (Å²) in [6.45, 7) is 7.36. The van der Waals surface area contributed by atoms with Gasteiger partial charge in [-0.2, -0.15) is 0 Å². The Labute approximate surface area is 161 Å². The molecule has 1 N–H and O–H groups in total. The lowest BCUT2D eigenvalue weighted by Gasteiger charge is -2.10. The van der Waals surface area contributed by atoms with E-state index in [1.165, 1.54) is 12.7 Å². The second-order valence-corrected chi connectivity index (χ2v) is 6.44. The Balaban J connectivity index is 2.23. The van der Waals surface area contributed by atoms with Crippen molar-refractivity contribution in [1.29, 1.82) is 0 Å². The van der Waals surface area contributed by atoms with E-state index in [-0.39, 0.29) is 5.75 Å². The lowest BCUT2D eigenvalue weighted by molar-refractivity contribution is 0.312. The fourth-order valence-corrected chi connectivity index (χ4v) is 2.37. The third-order valence-corrected chi connectivity index (χ3v) is 3.79. The molecular weight excluding hydrogens is 340 g/mol. The molecule has 4 heteroatoms. The van der Waals surface area contributed by atoms with Gasteiger partial charge in [0.15, 0.2) is 11.5 Å². The third-order valence-electron chi connectivity index (χ3n) is 3.79. The molecule has 0 spiro atoms. The van der Waals surface area contributed by atoms with Crippen LogP contribution in [0, 0.1) is 0 Å². The molecule has 27 heavy (non-hydrogen) atoms. The summed E-state index contributed by atoms with van der Waals surface area (Å²) in [7, 11) is 1.53. The lowest BCUT2D eigenvalue weighted by atomic mass is 10.1. The number of phenols is 1. The van der Waals surface area contributed by atoms with Gasteiger partial charge in [0.05, 0.1) is 13.7 Å². The number of phenolic OH excluding ortho intramolecular Hbond substituents is 1. The van der Waals surface area contributed by atoms with Gasteiger partial charge in [-0.25, -0.2) is 0 Å². The quantitative estimate of drug-likeness (QED) is 0.455. The van der Waals surface area contributed by atoms with E-state index >= 15 is 0 Å². The zero-order chi connectivity index (χ0) is 19.6. The maximum Gasteiger partial charge on any atom is 0.161 e. The molecule has 0 aliphatic carbocycles. The van der Waals surface area contributed by atoms with E-state index in [0.29, 0.717) is 19.0 Å². The molecule has 0 fully saturated rings. The Bertz CT molecular complexity index is 802. The standard InChI is InChI=1S/C23H28O4/c1-5-11-26-20-13-19(14-21(16-20)27-12-10-17(2)3)7-6-18-8-9-22(24)23(15-18)25-4/h6-10,13-16,24H,5,11-12H2,1-4H3. The molecule has 0 aromatic heterocycles. The minimum atomic E-state index is 0.125. The van der Waals surface area contributed by atoms with Gasteiger partial charge in [0.1, 0.15) is 18.1 Å². The molecule has 2 rings (SSSR count). The highest BCUT2D eigenvalue weighted by Gasteiger charge is 2.03. The monoisotopic (exact) mass is 368 g/mol. The minimum Gasteiger partial charge on any atom is -0.504 e. The molecule has 0 heterocycles. The summed E-state index contributed by atoms with van der Waals surface area (Å²) in [4.78, 5) is 0. The van der Waals surface area contributed by atoms with E-state index in [4.69, 9.17) is 14.2 Å². The molecule has 2 aromatic carbocycles. The van der Waals surface area contributed by atoms with Crippen molar-refractivity contribution in [3.8, 4) is 23.0 Å². The van der Waals surface area contributed by atoms with Crippen LogP contribution in [-0.4, -0.2) is 25.4 Å². The van der Waals surface area contributed by atoms with Crippen molar-refractivity contribution in [2.24, 2.45) is 0 Å². The smallest absolute Gasteiger partial charge is 0.161 e. The number of benzene rings is 2. The molecule has 0 bridgehead atoms. The van der Waals surface area contributed by atoms with Gasteiger partial charge in [0.2, 0.25) is 0 Å². The third kappa shape index (κ3) is 6.74. The molecule has 0 unspecified atom stereocenters. The van der Waals surface area contributed by atoms with Crippen molar-refractivity contribution in [2.75, 3.05) is 20.3 Å². The van der Waals surface area contributed by atoms with Crippen molar-refractivity contribution in [1.82, 2.24) is 0 Å². The number of methoxy groups -OCH3 is 1. The first-order valence-corrected chi connectivity index (χ1v) is 9.11. The van der Waals surface area contributed by atoms with Crippen LogP contribution in [0.2, 0.25) is 0 Å². The van der Waals surface area contributed by atoms with Crippen LogP contribution in [-0.2, 0) is 0 Å². The van der Waals surface area contributed by atoms with Crippen molar-refractivity contribution < 1.29 is 19.3 Å². The van der Waals surface area contributed by atoms with E-state index in [0.717, 1.165) is 29.0 Å². The fourth-order valence-electron chi connectivity index (χ4n) is 2.37. The summed E-state index contributed by atoms with van der Waals surface area (Å²) in [5.41, 5.74) is 3.12. The van der Waals surface area contributed by atoms with E-state index in [1.807, 2.05) is 56.3 Å². The average molecular weight is 368 g/mol. The van der Waals surface area contributed by atoms with E-state index < -0.39 is 0 Å². The van der Waals surface area contributed by atoms with Crippen LogP contribution in [0.3, 0.4) is 0 Å². The van der Waals surface area contributed by atoms with Gasteiger partial charge in [-0.3, -0.25) is 0 Å². The molecule has 0 aliphatic rings. The second-order valence-electron chi connectivity index (χ2n) is 6.44. The Morgan fingerprint density at radius 1 is 0.963 bits per heavy atom. The van der Waals surface area contributed by atoms with Crippen LogP contribution in [0.1, 0.15) is 38.3 Å². The molecule has 2 aromatic rings. The number of rotatable bonds is 9. The normalized spacial score (nSPS) is 10.7. The summed E-state index contributed by atoms with van der Waals surface area (Å²) >= 11 is 0. The first-order valence-electron chi connectivity index (χ1n) is 9.11. The molecule has 4 nitrogen and oxygen atoms in total. The average Bonchev–Trinajstić information content (AvgIpc) is 2.65. The van der Waals surface area contributed by atoms with Crippen molar-refractivity contribution in [2.45, 2.75) is 27.2 Å². The molecular formula is C23H28O4. The summed E-state index contributed by atoms with van der Waals surface area (Å²) in [6.07, 6.45) is 6.93. The predicted octanol–water partition coefficient (Wildman–Crippen LogP) is 5.71.